The molecule has 4 aliphatic rings. The van der Waals surface area contributed by atoms with E-state index in [9.17, 15) is 19.1 Å². The number of hydrogen-bond donors (Lipinski definition) is 3. The number of aryl methyl sites for hydroxylation is 1. The number of hydrogen-bond acceptors (Lipinski definition) is 6. The Balaban J connectivity index is 1.24. The van der Waals surface area contributed by atoms with Gasteiger partial charge in [-0.3, -0.25) is 23.8 Å². The number of benzene rings is 1. The summed E-state index contributed by atoms with van der Waals surface area (Å²) in [6, 6.07) is 6.46. The predicted molar refractivity (Wildman–Crippen MR) is 121 cm³/mol. The van der Waals surface area contributed by atoms with Gasteiger partial charge in [0.05, 0.1) is 24.2 Å². The molecule has 176 valence electrons. The van der Waals surface area contributed by atoms with E-state index in [1.165, 1.54) is 0 Å². The van der Waals surface area contributed by atoms with Crippen molar-refractivity contribution >= 4 is 28.8 Å². The second-order valence-electron chi connectivity index (χ2n) is 9.35. The average molecular weight is 473 g/mol. The molecule has 5 rings (SSSR count). The van der Waals surface area contributed by atoms with E-state index in [4.69, 9.17) is 10.3 Å². The number of carbonyl (C=O) groups is 2. The smallest absolute Gasteiger partial charge is 0.259 e. The van der Waals surface area contributed by atoms with E-state index in [-0.39, 0.29) is 29.9 Å². The maximum absolute atomic E-state index is 13.3. The van der Waals surface area contributed by atoms with Crippen molar-refractivity contribution in [2.75, 3.05) is 24.4 Å². The van der Waals surface area contributed by atoms with Gasteiger partial charge in [-0.2, -0.15) is 5.26 Å². The van der Waals surface area contributed by atoms with Crippen molar-refractivity contribution in [1.82, 2.24) is 14.7 Å². The molecule has 2 amide bonds. The molecule has 1 aromatic rings. The van der Waals surface area contributed by atoms with Crippen LogP contribution in [-0.4, -0.2) is 79.1 Å². The fourth-order valence-corrected chi connectivity index (χ4v) is 6.38. The molecule has 2 bridgehead atoms. The quantitative estimate of drug-likeness (QED) is 0.507. The third-order valence-corrected chi connectivity index (χ3v) is 7.89. The highest BCUT2D eigenvalue weighted by atomic mass is 32.2. The van der Waals surface area contributed by atoms with Gasteiger partial charge in [0.15, 0.2) is 0 Å². The Morgan fingerprint density at radius 1 is 1.36 bits per heavy atom. The third kappa shape index (κ3) is 3.91. The summed E-state index contributed by atoms with van der Waals surface area (Å²) in [6.45, 7) is 1.58. The molecule has 0 spiro atoms. The summed E-state index contributed by atoms with van der Waals surface area (Å²) >= 11 is -2.12. The van der Waals surface area contributed by atoms with Crippen molar-refractivity contribution in [1.29, 1.82) is 5.26 Å². The van der Waals surface area contributed by atoms with Gasteiger partial charge in [0.2, 0.25) is 11.8 Å². The summed E-state index contributed by atoms with van der Waals surface area (Å²) < 4.78 is 22.6. The zero-order valence-electron chi connectivity index (χ0n) is 18.2. The molecule has 0 radical (unpaired) electrons. The second kappa shape index (κ2) is 8.68. The number of fused-ring (bicyclic) bond motifs is 3. The lowest BCUT2D eigenvalue weighted by Crippen LogP contribution is -2.56. The van der Waals surface area contributed by atoms with E-state index >= 15 is 0 Å². The van der Waals surface area contributed by atoms with Gasteiger partial charge in [-0.15, -0.1) is 0 Å². The molecule has 3 fully saturated rings. The monoisotopic (exact) mass is 472 g/mol. The van der Waals surface area contributed by atoms with E-state index in [0.29, 0.717) is 31.7 Å². The first-order valence-corrected chi connectivity index (χ1v) is 12.5. The molecule has 6 atom stereocenters. The highest BCUT2D eigenvalue weighted by Gasteiger charge is 2.53. The van der Waals surface area contributed by atoms with Crippen LogP contribution in [0.15, 0.2) is 18.2 Å². The van der Waals surface area contributed by atoms with E-state index in [1.54, 1.807) is 11.0 Å². The van der Waals surface area contributed by atoms with Gasteiger partial charge in [-0.1, -0.05) is 6.07 Å². The summed E-state index contributed by atoms with van der Waals surface area (Å²) in [6.07, 6.45) is 3.89. The lowest BCUT2D eigenvalue weighted by molar-refractivity contribution is -0.141. The van der Waals surface area contributed by atoms with Gasteiger partial charge >= 0.3 is 0 Å². The standard InChI is InChI=1S/C22H28N6O4S/c23-10-15-2-1-7-27(15)21(29)18(24)12-26-11-16-9-20(26)22(30)28(16)19-6-3-13-8-14(25-33(31)32)4-5-17(13)19/h4-5,8,15-16,18-20,25H,1-3,6-7,9,11-12,24H2,(H,31,32)/t15-,16+,18-,19+,20+/m0/s1. The zero-order chi connectivity index (χ0) is 23.3. The molecule has 1 unspecified atom stereocenters. The molecule has 11 heteroatoms. The predicted octanol–water partition coefficient (Wildman–Crippen LogP) is 0.349. The summed E-state index contributed by atoms with van der Waals surface area (Å²) in [7, 11) is 0. The molecule has 0 saturated carbocycles. The molecule has 3 heterocycles. The molecule has 3 aliphatic heterocycles. The minimum Gasteiger partial charge on any atom is -0.330 e. The van der Waals surface area contributed by atoms with E-state index in [2.05, 4.69) is 10.8 Å². The van der Waals surface area contributed by atoms with Crippen LogP contribution in [0.25, 0.3) is 0 Å². The first-order chi connectivity index (χ1) is 15.9. The van der Waals surface area contributed by atoms with Crippen molar-refractivity contribution in [3.63, 3.8) is 0 Å². The van der Waals surface area contributed by atoms with Crippen LogP contribution in [0, 0.1) is 11.3 Å². The van der Waals surface area contributed by atoms with Gasteiger partial charge in [-0.25, -0.2) is 4.21 Å². The molecule has 10 nitrogen and oxygen atoms in total. The lowest BCUT2D eigenvalue weighted by atomic mass is 10.0. The molecular weight excluding hydrogens is 444 g/mol. The van der Waals surface area contributed by atoms with Crippen LogP contribution >= 0.6 is 0 Å². The van der Waals surface area contributed by atoms with Crippen LogP contribution in [0.2, 0.25) is 0 Å². The van der Waals surface area contributed by atoms with Gasteiger partial charge < -0.3 is 15.5 Å². The number of anilines is 1. The van der Waals surface area contributed by atoms with E-state index in [1.807, 2.05) is 21.9 Å². The van der Waals surface area contributed by atoms with Crippen LogP contribution < -0.4 is 10.5 Å². The number of amides is 2. The van der Waals surface area contributed by atoms with E-state index in [0.717, 1.165) is 36.8 Å². The largest absolute Gasteiger partial charge is 0.330 e. The zero-order valence-corrected chi connectivity index (χ0v) is 19.0. The normalized spacial score (nSPS) is 30.4. The lowest BCUT2D eigenvalue weighted by Gasteiger charge is -2.38. The maximum Gasteiger partial charge on any atom is 0.259 e. The highest BCUT2D eigenvalue weighted by molar-refractivity contribution is 7.80. The van der Waals surface area contributed by atoms with Crippen LogP contribution in [0.5, 0.6) is 0 Å². The van der Waals surface area contributed by atoms with Crippen molar-refractivity contribution in [3.8, 4) is 6.07 Å². The number of likely N-dealkylation sites (tertiary alicyclic amines) is 3. The van der Waals surface area contributed by atoms with Crippen LogP contribution in [0.1, 0.15) is 42.9 Å². The Bertz CT molecular complexity index is 1040. The molecule has 4 N–H and O–H groups in total. The van der Waals surface area contributed by atoms with Gasteiger partial charge in [0.1, 0.15) is 6.04 Å². The van der Waals surface area contributed by atoms with Crippen molar-refractivity contribution in [2.45, 2.75) is 62.3 Å². The molecule has 1 aliphatic carbocycles. The summed E-state index contributed by atoms with van der Waals surface area (Å²) in [5.41, 5.74) is 9.00. The second-order valence-corrected chi connectivity index (χ2v) is 10.1. The average Bonchev–Trinajstić information content (AvgIpc) is 3.55. The van der Waals surface area contributed by atoms with Gasteiger partial charge in [0, 0.05) is 31.4 Å². The minimum atomic E-state index is -2.12. The number of rotatable bonds is 6. The number of piperazine rings is 1. The summed E-state index contributed by atoms with van der Waals surface area (Å²) in [4.78, 5) is 31.7. The molecule has 1 aromatic carbocycles. The van der Waals surface area contributed by atoms with Crippen LogP contribution in [0.3, 0.4) is 0 Å². The molecular formula is C22H28N6O4S. The van der Waals surface area contributed by atoms with Crippen LogP contribution in [0.4, 0.5) is 5.69 Å². The third-order valence-electron chi connectivity index (χ3n) is 7.48. The van der Waals surface area contributed by atoms with E-state index < -0.39 is 23.4 Å². The van der Waals surface area contributed by atoms with Gasteiger partial charge in [-0.05, 0) is 55.4 Å². The Morgan fingerprint density at radius 2 is 2.18 bits per heavy atom. The fraction of sp³-hybridized carbons (Fsp3) is 0.591. The topological polar surface area (TPSA) is 143 Å². The Labute approximate surface area is 195 Å². The van der Waals surface area contributed by atoms with Crippen molar-refractivity contribution in [2.24, 2.45) is 5.73 Å². The first kappa shape index (κ1) is 22.3. The number of nitrogens with two attached hydrogens (primary N) is 1. The highest BCUT2D eigenvalue weighted by Crippen LogP contribution is 2.44. The Morgan fingerprint density at radius 3 is 2.91 bits per heavy atom. The number of nitriles is 1. The van der Waals surface area contributed by atoms with Gasteiger partial charge in [0.25, 0.3) is 11.3 Å². The summed E-state index contributed by atoms with van der Waals surface area (Å²) in [5, 5.41) is 9.25. The van der Waals surface area contributed by atoms with Crippen molar-refractivity contribution in [3.05, 3.63) is 29.3 Å². The Kier molecular flexibility index (Phi) is 5.86. The summed E-state index contributed by atoms with van der Waals surface area (Å²) in [5.74, 6) is -0.123. The van der Waals surface area contributed by atoms with Crippen LogP contribution in [-0.2, 0) is 27.3 Å². The maximum atomic E-state index is 13.3. The van der Waals surface area contributed by atoms with Crippen molar-refractivity contribution < 1.29 is 18.4 Å². The SMILES string of the molecule is N#C[C@@H]1CCCN1C(=O)[C@@H](N)CN1C[C@H]2C[C@@H]1C(=O)N2[C@@H]1CCc2cc(NS(=O)O)ccc21. The fourth-order valence-electron chi connectivity index (χ4n) is 6.06. The Hall–Kier alpha value is -2.52. The minimum absolute atomic E-state index is 0.00890. The number of nitrogens with one attached hydrogen (secondary N) is 1. The molecule has 33 heavy (non-hydrogen) atoms. The number of nitrogens with zero attached hydrogens (tertiary/aromatic N) is 4. The molecule has 3 saturated heterocycles. The molecule has 0 aromatic heterocycles. The first-order valence-electron chi connectivity index (χ1n) is 11.4. The number of carbonyl (C=O) groups excluding carboxylic acids is 2.